The maximum absolute atomic E-state index is 13.2. The van der Waals surface area contributed by atoms with Crippen LogP contribution < -0.4 is 10.2 Å². The summed E-state index contributed by atoms with van der Waals surface area (Å²) in [4.78, 5) is 13.2. The van der Waals surface area contributed by atoms with Gasteiger partial charge in [-0.05, 0) is 35.6 Å². The molecule has 0 bridgehead atoms. The molecule has 1 N–H and O–H groups in total. The van der Waals surface area contributed by atoms with Gasteiger partial charge in [-0.1, -0.05) is 23.7 Å². The van der Waals surface area contributed by atoms with Crippen molar-refractivity contribution in [2.75, 3.05) is 18.0 Å². The SMILES string of the molecule is N#Cc1c(Cl)nsc1N1CCC(c2ccc(F)cc2)C(NC(=O)C(F)(F)F)C1. The van der Waals surface area contributed by atoms with Gasteiger partial charge >= 0.3 is 12.1 Å². The number of nitrogens with zero attached hydrogens (tertiary/aromatic N) is 3. The quantitative estimate of drug-likeness (QED) is 0.748. The van der Waals surface area contributed by atoms with Crippen LogP contribution in [0.2, 0.25) is 5.15 Å². The van der Waals surface area contributed by atoms with Gasteiger partial charge in [0, 0.05) is 19.0 Å². The highest BCUT2D eigenvalue weighted by Gasteiger charge is 2.42. The molecule has 0 aliphatic carbocycles. The van der Waals surface area contributed by atoms with Gasteiger partial charge in [0.15, 0.2) is 5.15 Å². The molecule has 28 heavy (non-hydrogen) atoms. The molecule has 1 aliphatic rings. The lowest BCUT2D eigenvalue weighted by molar-refractivity contribution is -0.174. The molecule has 0 radical (unpaired) electrons. The summed E-state index contributed by atoms with van der Waals surface area (Å²) >= 11 is 6.85. The second kappa shape index (κ2) is 7.93. The molecule has 1 aromatic heterocycles. The van der Waals surface area contributed by atoms with Crippen LogP contribution in [0.3, 0.4) is 0 Å². The molecule has 1 aromatic carbocycles. The molecule has 1 saturated heterocycles. The fraction of sp³-hybridized carbons (Fsp3) is 0.353. The first kappa shape index (κ1) is 20.4. The molecule has 2 unspecified atom stereocenters. The summed E-state index contributed by atoms with van der Waals surface area (Å²) in [5.41, 5.74) is 0.768. The maximum atomic E-state index is 13.2. The Morgan fingerprint density at radius 2 is 2.04 bits per heavy atom. The van der Waals surface area contributed by atoms with Gasteiger partial charge < -0.3 is 10.2 Å². The van der Waals surface area contributed by atoms with E-state index in [9.17, 15) is 27.6 Å². The van der Waals surface area contributed by atoms with E-state index >= 15 is 0 Å². The van der Waals surface area contributed by atoms with Crippen molar-refractivity contribution in [3.63, 3.8) is 0 Å². The van der Waals surface area contributed by atoms with E-state index in [0.29, 0.717) is 23.5 Å². The van der Waals surface area contributed by atoms with Crippen LogP contribution in [0, 0.1) is 17.1 Å². The van der Waals surface area contributed by atoms with Crippen LogP contribution in [-0.4, -0.2) is 35.6 Å². The summed E-state index contributed by atoms with van der Waals surface area (Å²) in [7, 11) is 0. The smallest absolute Gasteiger partial charge is 0.359 e. The van der Waals surface area contributed by atoms with Crippen molar-refractivity contribution in [1.82, 2.24) is 9.69 Å². The van der Waals surface area contributed by atoms with Gasteiger partial charge in [0.2, 0.25) is 0 Å². The van der Waals surface area contributed by atoms with Crippen molar-refractivity contribution >= 4 is 34.0 Å². The van der Waals surface area contributed by atoms with E-state index in [-0.39, 0.29) is 17.3 Å². The molecule has 1 amide bonds. The number of rotatable bonds is 3. The standard InChI is InChI=1S/C17H13ClF4N4OS/c18-14-12(7-23)15(28-25-14)26-6-5-11(9-1-3-10(19)4-2-9)13(8-26)24-16(27)17(20,21)22/h1-4,11,13H,5-6,8H2,(H,24,27). The Labute approximate surface area is 166 Å². The minimum atomic E-state index is -5.03. The van der Waals surface area contributed by atoms with Crippen LogP contribution in [0.4, 0.5) is 22.6 Å². The lowest BCUT2D eigenvalue weighted by atomic mass is 9.85. The first-order valence-electron chi connectivity index (χ1n) is 8.14. The van der Waals surface area contributed by atoms with Crippen LogP contribution >= 0.6 is 23.1 Å². The molecule has 2 aromatic rings. The Morgan fingerprint density at radius 1 is 1.36 bits per heavy atom. The van der Waals surface area contributed by atoms with E-state index in [4.69, 9.17) is 11.6 Å². The lowest BCUT2D eigenvalue weighted by Gasteiger charge is -2.39. The summed E-state index contributed by atoms with van der Waals surface area (Å²) in [6.45, 7) is 0.435. The number of aromatic nitrogens is 1. The summed E-state index contributed by atoms with van der Waals surface area (Å²) in [6.07, 6.45) is -4.64. The van der Waals surface area contributed by atoms with Crippen LogP contribution in [-0.2, 0) is 4.79 Å². The second-order valence-electron chi connectivity index (χ2n) is 6.24. The number of nitriles is 1. The summed E-state index contributed by atoms with van der Waals surface area (Å²) in [5, 5.41) is 11.7. The number of nitrogens with one attached hydrogen (secondary N) is 1. The van der Waals surface area contributed by atoms with E-state index in [1.54, 1.807) is 4.90 Å². The first-order chi connectivity index (χ1) is 13.2. The highest BCUT2D eigenvalue weighted by atomic mass is 35.5. The molecular formula is C17H13ClF4N4OS. The third kappa shape index (κ3) is 4.20. The number of hydrogen-bond donors (Lipinski definition) is 1. The first-order valence-corrected chi connectivity index (χ1v) is 9.29. The van der Waals surface area contributed by atoms with Crippen molar-refractivity contribution in [2.45, 2.75) is 24.6 Å². The highest BCUT2D eigenvalue weighted by Crippen LogP contribution is 2.36. The third-order valence-electron chi connectivity index (χ3n) is 4.52. The number of anilines is 1. The summed E-state index contributed by atoms with van der Waals surface area (Å²) in [5.74, 6) is -2.96. The van der Waals surface area contributed by atoms with Crippen molar-refractivity contribution < 1.29 is 22.4 Å². The summed E-state index contributed by atoms with van der Waals surface area (Å²) in [6, 6.07) is 6.47. The molecule has 148 valence electrons. The monoisotopic (exact) mass is 432 g/mol. The zero-order chi connectivity index (χ0) is 20.5. The molecule has 0 spiro atoms. The van der Waals surface area contributed by atoms with Crippen molar-refractivity contribution in [3.05, 3.63) is 46.4 Å². The Balaban J connectivity index is 1.89. The molecule has 2 heterocycles. The highest BCUT2D eigenvalue weighted by molar-refractivity contribution is 7.10. The molecule has 1 aliphatic heterocycles. The van der Waals surface area contributed by atoms with Gasteiger partial charge in [-0.25, -0.2) is 4.39 Å². The second-order valence-corrected chi connectivity index (χ2v) is 7.35. The van der Waals surface area contributed by atoms with Gasteiger partial charge in [0.1, 0.15) is 22.5 Å². The predicted molar refractivity (Wildman–Crippen MR) is 95.8 cm³/mol. The van der Waals surface area contributed by atoms with Crippen molar-refractivity contribution in [1.29, 1.82) is 5.26 Å². The fourth-order valence-electron chi connectivity index (χ4n) is 3.21. The van der Waals surface area contributed by atoms with Gasteiger partial charge in [-0.15, -0.1) is 0 Å². The van der Waals surface area contributed by atoms with E-state index in [1.165, 1.54) is 24.3 Å². The van der Waals surface area contributed by atoms with Crippen molar-refractivity contribution in [3.8, 4) is 6.07 Å². The van der Waals surface area contributed by atoms with Crippen LogP contribution in [0.25, 0.3) is 0 Å². The number of benzene rings is 1. The zero-order valence-electron chi connectivity index (χ0n) is 14.1. The molecule has 0 saturated carbocycles. The minimum Gasteiger partial charge on any atom is -0.359 e. The van der Waals surface area contributed by atoms with Crippen LogP contribution in [0.15, 0.2) is 24.3 Å². The van der Waals surface area contributed by atoms with E-state index in [2.05, 4.69) is 4.37 Å². The largest absolute Gasteiger partial charge is 0.471 e. The third-order valence-corrected chi connectivity index (χ3v) is 5.80. The van der Waals surface area contributed by atoms with Crippen molar-refractivity contribution in [2.24, 2.45) is 0 Å². The average molecular weight is 433 g/mol. The Bertz CT molecular complexity index is 909. The Kier molecular flexibility index (Phi) is 5.76. The number of carbonyl (C=O) groups is 1. The molecule has 2 atom stereocenters. The number of halogens is 5. The molecule has 11 heteroatoms. The fourth-order valence-corrected chi connectivity index (χ4v) is 4.28. The topological polar surface area (TPSA) is 69.0 Å². The molecular weight excluding hydrogens is 420 g/mol. The van der Waals surface area contributed by atoms with Gasteiger partial charge in [-0.3, -0.25) is 4.79 Å². The molecule has 1 fully saturated rings. The minimum absolute atomic E-state index is 0.0249. The molecule has 5 nitrogen and oxygen atoms in total. The van der Waals surface area contributed by atoms with Crippen LogP contribution in [0.1, 0.15) is 23.5 Å². The van der Waals surface area contributed by atoms with Crippen LogP contribution in [0.5, 0.6) is 0 Å². The van der Waals surface area contributed by atoms with Gasteiger partial charge in [0.05, 0.1) is 6.04 Å². The molecule has 3 rings (SSSR count). The van der Waals surface area contributed by atoms with Gasteiger partial charge in [-0.2, -0.15) is 22.8 Å². The van der Waals surface area contributed by atoms with Gasteiger partial charge in [0.25, 0.3) is 0 Å². The lowest BCUT2D eigenvalue weighted by Crippen LogP contribution is -2.54. The van der Waals surface area contributed by atoms with E-state index < -0.39 is 29.9 Å². The van der Waals surface area contributed by atoms with E-state index in [1.807, 2.05) is 11.4 Å². The normalized spacial score (nSPS) is 19.9. The Morgan fingerprint density at radius 3 is 2.64 bits per heavy atom. The maximum Gasteiger partial charge on any atom is 0.471 e. The number of carbonyl (C=O) groups excluding carboxylic acids is 1. The zero-order valence-corrected chi connectivity index (χ0v) is 15.7. The summed E-state index contributed by atoms with van der Waals surface area (Å²) < 4.78 is 55.5. The number of piperidine rings is 1. The van der Waals surface area contributed by atoms with E-state index in [0.717, 1.165) is 11.5 Å². The number of hydrogen-bond acceptors (Lipinski definition) is 5. The number of alkyl halides is 3. The average Bonchev–Trinajstić information content (AvgIpc) is 3.02. The predicted octanol–water partition coefficient (Wildman–Crippen LogP) is 3.85. The number of amides is 1. The Hall–Kier alpha value is -2.38.